The van der Waals surface area contributed by atoms with Crippen molar-refractivity contribution >= 4 is 17.8 Å². The van der Waals surface area contributed by atoms with Crippen LogP contribution >= 0.6 is 0 Å². The largest absolute Gasteiger partial charge is 0.497 e. The Hall–Kier alpha value is -3.65. The fourth-order valence-corrected chi connectivity index (χ4v) is 2.68. The summed E-state index contributed by atoms with van der Waals surface area (Å²) in [4.78, 5) is 31.0. The fraction of sp³-hybridized carbons (Fsp3) is 0.227. The van der Waals surface area contributed by atoms with Crippen molar-refractivity contribution in [3.05, 3.63) is 77.9 Å². The highest BCUT2D eigenvalue weighted by molar-refractivity contribution is 5.89. The van der Waals surface area contributed by atoms with Crippen LogP contribution in [0.1, 0.15) is 18.1 Å². The summed E-state index contributed by atoms with van der Waals surface area (Å²) < 4.78 is 5.20. The number of rotatable bonds is 8. The van der Waals surface area contributed by atoms with Crippen LogP contribution in [-0.4, -0.2) is 41.7 Å². The van der Waals surface area contributed by atoms with Crippen molar-refractivity contribution in [3.63, 3.8) is 0 Å². The minimum absolute atomic E-state index is 0.0272. The highest BCUT2D eigenvalue weighted by Gasteiger charge is 2.28. The van der Waals surface area contributed by atoms with E-state index < -0.39 is 17.5 Å². The van der Waals surface area contributed by atoms with Gasteiger partial charge in [0, 0.05) is 12.2 Å². The molecule has 0 aromatic heterocycles. The number of carbonyl (C=O) groups is 3. The molecule has 0 spiro atoms. The lowest BCUT2D eigenvalue weighted by Gasteiger charge is -2.32. The van der Waals surface area contributed by atoms with Crippen LogP contribution in [0.2, 0.25) is 0 Å². The van der Waals surface area contributed by atoms with E-state index in [1.807, 2.05) is 49.4 Å². The molecule has 0 bridgehead atoms. The molecule has 2 rings (SSSR count). The Morgan fingerprint density at radius 2 is 1.53 bits per heavy atom. The molecule has 30 heavy (non-hydrogen) atoms. The second-order valence-corrected chi connectivity index (χ2v) is 6.49. The zero-order chi connectivity index (χ0) is 22.6. The molecule has 0 fully saturated rings. The number of carbonyl (C=O) groups excluding carboxylic acids is 1. The Morgan fingerprint density at radius 1 is 1.00 bits per heavy atom. The van der Waals surface area contributed by atoms with Gasteiger partial charge in [-0.2, -0.15) is 0 Å². The predicted octanol–water partition coefficient (Wildman–Crippen LogP) is 1.94. The van der Waals surface area contributed by atoms with Gasteiger partial charge in [-0.15, -0.1) is 0 Å². The molecule has 8 heteroatoms. The molecule has 160 valence electrons. The molecule has 0 radical (unpaired) electrons. The third-order valence-corrected chi connectivity index (χ3v) is 4.10. The summed E-state index contributed by atoms with van der Waals surface area (Å²) >= 11 is 0. The van der Waals surface area contributed by atoms with Crippen LogP contribution in [0, 0.1) is 0 Å². The van der Waals surface area contributed by atoms with E-state index in [0.717, 1.165) is 16.9 Å². The summed E-state index contributed by atoms with van der Waals surface area (Å²) in [6.45, 7) is 1.98. The van der Waals surface area contributed by atoms with E-state index in [9.17, 15) is 14.4 Å². The molecule has 0 aliphatic rings. The first-order valence-electron chi connectivity index (χ1n) is 9.03. The van der Waals surface area contributed by atoms with Crippen LogP contribution in [0.25, 0.3) is 0 Å². The Bertz CT molecular complexity index is 849. The number of hydrogen-bond donors (Lipinski definition) is 4. The van der Waals surface area contributed by atoms with Crippen molar-refractivity contribution < 1.29 is 29.3 Å². The van der Waals surface area contributed by atoms with Crippen molar-refractivity contribution in [1.29, 1.82) is 0 Å². The van der Waals surface area contributed by atoms with E-state index >= 15 is 0 Å². The highest BCUT2D eigenvalue weighted by atomic mass is 16.5. The first kappa shape index (κ1) is 24.4. The molecule has 0 saturated carbocycles. The van der Waals surface area contributed by atoms with Gasteiger partial charge >= 0.3 is 11.9 Å². The standard InChI is InChI=1S/C18H22N2O2.C4H4O4/c1-18(20-17(21)13-19,12-14-6-4-3-5-7-14)15-8-10-16(22-2)11-9-15;5-3(6)1-2-4(7)8/h3-11H,12-13,19H2,1-2H3,(H,20,21);1-2H,(H,5,6)(H,7,8)/b;2-1-. The summed E-state index contributed by atoms with van der Waals surface area (Å²) in [7, 11) is 1.63. The van der Waals surface area contributed by atoms with Gasteiger partial charge in [0.2, 0.25) is 5.91 Å². The number of carboxylic acid groups (broad SMARTS) is 2. The molecule has 1 atom stereocenters. The normalized spacial score (nSPS) is 12.2. The van der Waals surface area contributed by atoms with E-state index in [1.54, 1.807) is 7.11 Å². The lowest BCUT2D eigenvalue weighted by atomic mass is 9.85. The lowest BCUT2D eigenvalue weighted by molar-refractivity contribution is -0.134. The van der Waals surface area contributed by atoms with Crippen LogP contribution in [0.4, 0.5) is 0 Å². The fourth-order valence-electron chi connectivity index (χ4n) is 2.68. The Kier molecular flexibility index (Phi) is 9.78. The van der Waals surface area contributed by atoms with E-state index in [4.69, 9.17) is 20.7 Å². The Labute approximate surface area is 175 Å². The first-order chi connectivity index (χ1) is 14.2. The minimum Gasteiger partial charge on any atom is -0.497 e. The number of ether oxygens (including phenoxy) is 1. The topological polar surface area (TPSA) is 139 Å². The van der Waals surface area contributed by atoms with Crippen LogP contribution in [0.5, 0.6) is 5.75 Å². The van der Waals surface area contributed by atoms with E-state index in [2.05, 4.69) is 17.4 Å². The molecule has 8 nitrogen and oxygen atoms in total. The van der Waals surface area contributed by atoms with E-state index in [0.29, 0.717) is 18.6 Å². The first-order valence-corrected chi connectivity index (χ1v) is 9.03. The molecule has 0 aliphatic heterocycles. The quantitative estimate of drug-likeness (QED) is 0.484. The maximum atomic E-state index is 11.9. The van der Waals surface area contributed by atoms with Crippen LogP contribution in [-0.2, 0) is 26.3 Å². The molecule has 2 aromatic rings. The molecular formula is C22H26N2O6. The van der Waals surface area contributed by atoms with Gasteiger partial charge in [0.15, 0.2) is 0 Å². The third kappa shape index (κ3) is 8.57. The third-order valence-electron chi connectivity index (χ3n) is 4.10. The predicted molar refractivity (Wildman–Crippen MR) is 112 cm³/mol. The Morgan fingerprint density at radius 3 is 1.97 bits per heavy atom. The second-order valence-electron chi connectivity index (χ2n) is 6.49. The maximum Gasteiger partial charge on any atom is 0.328 e. The molecule has 2 aromatic carbocycles. The zero-order valence-corrected chi connectivity index (χ0v) is 16.9. The smallest absolute Gasteiger partial charge is 0.328 e. The second kappa shape index (κ2) is 12.0. The molecule has 0 heterocycles. The summed E-state index contributed by atoms with van der Waals surface area (Å²) in [5, 5.41) is 18.7. The average Bonchev–Trinajstić information content (AvgIpc) is 2.73. The lowest BCUT2D eigenvalue weighted by Crippen LogP contribution is -2.47. The van der Waals surface area contributed by atoms with Gasteiger partial charge in [-0.05, 0) is 36.6 Å². The molecule has 0 aliphatic carbocycles. The number of carboxylic acids is 2. The van der Waals surface area contributed by atoms with Gasteiger partial charge < -0.3 is 26.0 Å². The average molecular weight is 414 g/mol. The van der Waals surface area contributed by atoms with Gasteiger partial charge in [0.1, 0.15) is 5.75 Å². The van der Waals surface area contributed by atoms with Crippen LogP contribution in [0.15, 0.2) is 66.7 Å². The maximum absolute atomic E-state index is 11.9. The number of nitrogens with one attached hydrogen (secondary N) is 1. The molecular weight excluding hydrogens is 388 g/mol. The molecule has 0 saturated heterocycles. The van der Waals surface area contributed by atoms with E-state index in [-0.39, 0.29) is 12.5 Å². The van der Waals surface area contributed by atoms with Crippen molar-refractivity contribution in [3.8, 4) is 5.75 Å². The zero-order valence-electron chi connectivity index (χ0n) is 16.9. The van der Waals surface area contributed by atoms with Gasteiger partial charge in [-0.25, -0.2) is 9.59 Å². The summed E-state index contributed by atoms with van der Waals surface area (Å²) in [6, 6.07) is 17.8. The van der Waals surface area contributed by atoms with E-state index in [1.165, 1.54) is 0 Å². The summed E-state index contributed by atoms with van der Waals surface area (Å²) in [6.07, 6.45) is 1.80. The number of methoxy groups -OCH3 is 1. The molecule has 5 N–H and O–H groups in total. The van der Waals surface area contributed by atoms with Gasteiger partial charge in [0.25, 0.3) is 0 Å². The van der Waals surface area contributed by atoms with Gasteiger partial charge in [0.05, 0.1) is 19.2 Å². The van der Waals surface area contributed by atoms with Gasteiger partial charge in [-0.3, -0.25) is 4.79 Å². The SMILES string of the molecule is COc1ccc(C(C)(Cc2ccccc2)NC(=O)CN)cc1.O=C(O)/C=C\C(=O)O. The molecule has 1 unspecified atom stereocenters. The number of nitrogens with two attached hydrogens (primary N) is 1. The monoisotopic (exact) mass is 414 g/mol. The van der Waals surface area contributed by atoms with Gasteiger partial charge in [-0.1, -0.05) is 42.5 Å². The summed E-state index contributed by atoms with van der Waals surface area (Å²) in [5.74, 6) is -1.90. The number of hydrogen-bond acceptors (Lipinski definition) is 5. The minimum atomic E-state index is -1.26. The number of amides is 1. The van der Waals surface area contributed by atoms with Crippen molar-refractivity contribution in [2.75, 3.05) is 13.7 Å². The van der Waals surface area contributed by atoms with Crippen molar-refractivity contribution in [2.45, 2.75) is 18.9 Å². The van der Waals surface area contributed by atoms with Crippen molar-refractivity contribution in [1.82, 2.24) is 5.32 Å². The summed E-state index contributed by atoms with van der Waals surface area (Å²) in [5.41, 5.74) is 7.10. The van der Waals surface area contributed by atoms with Crippen molar-refractivity contribution in [2.24, 2.45) is 5.73 Å². The van der Waals surface area contributed by atoms with Crippen LogP contribution in [0.3, 0.4) is 0 Å². The highest BCUT2D eigenvalue weighted by Crippen LogP contribution is 2.27. The molecule has 1 amide bonds. The number of aliphatic carboxylic acids is 2. The Balaban J connectivity index is 0.000000479. The number of benzene rings is 2. The van der Waals surface area contributed by atoms with Crippen LogP contribution < -0.4 is 15.8 Å².